The van der Waals surface area contributed by atoms with Crippen molar-refractivity contribution in [2.24, 2.45) is 5.10 Å². The SMILES string of the molecule is CCCCc1nc2ccc(Br)cc2c(=O)n1N=Cc1cc(I)c(O[C@@H](C)C(=O)OC)c(OCC)c1. The van der Waals surface area contributed by atoms with Crippen LogP contribution in [0.1, 0.15) is 45.0 Å². The second-order valence-corrected chi connectivity index (χ2v) is 9.78. The summed E-state index contributed by atoms with van der Waals surface area (Å²) in [5.41, 5.74) is 1.12. The number of unbranched alkanes of at least 4 members (excludes halogenated alkanes) is 1. The first-order valence-electron chi connectivity index (χ1n) is 11.2. The van der Waals surface area contributed by atoms with Crippen molar-refractivity contribution in [3.8, 4) is 11.5 Å². The lowest BCUT2D eigenvalue weighted by Gasteiger charge is -2.18. The summed E-state index contributed by atoms with van der Waals surface area (Å²) in [6.45, 7) is 5.97. The smallest absolute Gasteiger partial charge is 0.346 e. The van der Waals surface area contributed by atoms with E-state index < -0.39 is 12.1 Å². The summed E-state index contributed by atoms with van der Waals surface area (Å²) in [5.74, 6) is 1.04. The fourth-order valence-corrected chi connectivity index (χ4v) is 4.48. The van der Waals surface area contributed by atoms with Gasteiger partial charge in [0.05, 0.1) is 34.4 Å². The van der Waals surface area contributed by atoms with Crippen LogP contribution in [0.2, 0.25) is 0 Å². The van der Waals surface area contributed by atoms with Gasteiger partial charge in [-0.25, -0.2) is 9.78 Å². The predicted octanol–water partition coefficient (Wildman–Crippen LogP) is 5.33. The zero-order valence-corrected chi connectivity index (χ0v) is 23.8. The highest BCUT2D eigenvalue weighted by Crippen LogP contribution is 2.35. The van der Waals surface area contributed by atoms with Gasteiger partial charge < -0.3 is 14.2 Å². The number of nitrogens with zero attached hydrogens (tertiary/aromatic N) is 3. The standard InChI is InChI=1S/C25H27BrIN3O5/c1-5-7-8-22-29-20-10-9-17(26)13-18(20)24(31)30(22)28-14-16-11-19(27)23(21(12-16)34-6-2)35-15(3)25(32)33-4/h9-15H,5-8H2,1-4H3/t15-/m0/s1. The number of esters is 1. The van der Waals surface area contributed by atoms with Crippen LogP contribution in [0.4, 0.5) is 0 Å². The Hall–Kier alpha value is -2.47. The summed E-state index contributed by atoms with van der Waals surface area (Å²) in [6.07, 6.45) is 3.30. The van der Waals surface area contributed by atoms with Crippen LogP contribution in [0.15, 0.2) is 44.7 Å². The predicted molar refractivity (Wildman–Crippen MR) is 148 cm³/mol. The van der Waals surface area contributed by atoms with Crippen LogP contribution in [0.3, 0.4) is 0 Å². The molecule has 0 saturated heterocycles. The first-order valence-corrected chi connectivity index (χ1v) is 13.1. The van der Waals surface area contributed by atoms with Gasteiger partial charge >= 0.3 is 5.97 Å². The summed E-state index contributed by atoms with van der Waals surface area (Å²) < 4.78 is 19.2. The molecule has 0 spiro atoms. The molecule has 8 nitrogen and oxygen atoms in total. The van der Waals surface area contributed by atoms with E-state index in [-0.39, 0.29) is 5.56 Å². The number of benzene rings is 2. The molecule has 0 aliphatic carbocycles. The third-order valence-corrected chi connectivity index (χ3v) is 6.41. The molecule has 0 N–H and O–H groups in total. The number of carbonyl (C=O) groups excluding carboxylic acids is 1. The molecule has 0 unspecified atom stereocenters. The highest BCUT2D eigenvalue weighted by atomic mass is 127. The molecule has 186 valence electrons. The molecule has 0 bridgehead atoms. The van der Waals surface area contributed by atoms with Gasteiger partial charge in [0, 0.05) is 10.9 Å². The van der Waals surface area contributed by atoms with E-state index in [9.17, 15) is 9.59 Å². The Kier molecular flexibility index (Phi) is 9.67. The van der Waals surface area contributed by atoms with E-state index in [0.717, 1.165) is 20.9 Å². The quantitative estimate of drug-likeness (QED) is 0.167. The molecule has 0 aliphatic rings. The number of fused-ring (bicyclic) bond motifs is 1. The minimum absolute atomic E-state index is 0.231. The van der Waals surface area contributed by atoms with E-state index >= 15 is 0 Å². The van der Waals surface area contributed by atoms with Gasteiger partial charge in [-0.05, 0) is 78.8 Å². The Morgan fingerprint density at radius 2 is 2.06 bits per heavy atom. The number of methoxy groups -OCH3 is 1. The number of carbonyl (C=O) groups is 1. The largest absolute Gasteiger partial charge is 0.490 e. The van der Waals surface area contributed by atoms with E-state index in [2.05, 4.69) is 50.5 Å². The number of rotatable bonds is 10. The van der Waals surface area contributed by atoms with Crippen LogP contribution >= 0.6 is 38.5 Å². The molecule has 0 aliphatic heterocycles. The van der Waals surface area contributed by atoms with E-state index in [1.807, 2.05) is 25.1 Å². The highest BCUT2D eigenvalue weighted by molar-refractivity contribution is 14.1. The molecule has 1 atom stereocenters. The first-order chi connectivity index (χ1) is 16.8. The van der Waals surface area contributed by atoms with Crippen LogP contribution in [0.25, 0.3) is 10.9 Å². The van der Waals surface area contributed by atoms with E-state index in [1.165, 1.54) is 11.8 Å². The van der Waals surface area contributed by atoms with Crippen LogP contribution in [-0.4, -0.2) is 41.7 Å². The molecule has 3 rings (SSSR count). The van der Waals surface area contributed by atoms with Gasteiger partial charge in [0.25, 0.3) is 5.56 Å². The van der Waals surface area contributed by atoms with Crippen molar-refractivity contribution in [1.82, 2.24) is 9.66 Å². The maximum absolute atomic E-state index is 13.3. The van der Waals surface area contributed by atoms with E-state index in [4.69, 9.17) is 19.2 Å². The monoisotopic (exact) mass is 655 g/mol. The zero-order valence-electron chi connectivity index (χ0n) is 20.0. The fraction of sp³-hybridized carbons (Fsp3) is 0.360. The lowest BCUT2D eigenvalue weighted by atomic mass is 10.2. The van der Waals surface area contributed by atoms with Gasteiger partial charge in [0.15, 0.2) is 17.6 Å². The van der Waals surface area contributed by atoms with Crippen molar-refractivity contribution in [1.29, 1.82) is 0 Å². The minimum Gasteiger partial charge on any atom is -0.490 e. The second-order valence-electron chi connectivity index (χ2n) is 7.70. The molecule has 2 aromatic carbocycles. The zero-order chi connectivity index (χ0) is 25.5. The van der Waals surface area contributed by atoms with Gasteiger partial charge in [-0.2, -0.15) is 9.78 Å². The maximum Gasteiger partial charge on any atom is 0.346 e. The first kappa shape index (κ1) is 27.1. The van der Waals surface area contributed by atoms with Gasteiger partial charge in [-0.1, -0.05) is 29.3 Å². The van der Waals surface area contributed by atoms with Crippen molar-refractivity contribution in [2.75, 3.05) is 13.7 Å². The van der Waals surface area contributed by atoms with Crippen molar-refractivity contribution in [3.63, 3.8) is 0 Å². The molecule has 1 aromatic heterocycles. The number of aryl methyl sites for hydroxylation is 1. The number of hydrogen-bond acceptors (Lipinski definition) is 7. The molecule has 3 aromatic rings. The number of aromatic nitrogens is 2. The highest BCUT2D eigenvalue weighted by Gasteiger charge is 2.20. The molecule has 1 heterocycles. The molecular formula is C25H27BrIN3O5. The average molecular weight is 656 g/mol. The third-order valence-electron chi connectivity index (χ3n) is 5.11. The minimum atomic E-state index is -0.796. The molecule has 0 amide bonds. The maximum atomic E-state index is 13.3. The Balaban J connectivity index is 2.05. The summed E-state index contributed by atoms with van der Waals surface area (Å²) in [5, 5.41) is 5.00. The van der Waals surface area contributed by atoms with Gasteiger partial charge in [-0.15, -0.1) is 0 Å². The second kappa shape index (κ2) is 12.5. The lowest BCUT2D eigenvalue weighted by molar-refractivity contribution is -0.148. The summed E-state index contributed by atoms with van der Waals surface area (Å²) in [7, 11) is 1.31. The molecule has 35 heavy (non-hydrogen) atoms. The molecule has 0 radical (unpaired) electrons. The van der Waals surface area contributed by atoms with E-state index in [1.54, 1.807) is 25.3 Å². The van der Waals surface area contributed by atoms with E-state index in [0.29, 0.717) is 46.8 Å². The number of ether oxygens (including phenoxy) is 3. The van der Waals surface area contributed by atoms with Crippen LogP contribution in [-0.2, 0) is 16.0 Å². The van der Waals surface area contributed by atoms with Gasteiger partial charge in [-0.3, -0.25) is 4.79 Å². The van der Waals surface area contributed by atoms with Gasteiger partial charge in [0.1, 0.15) is 5.82 Å². The summed E-state index contributed by atoms with van der Waals surface area (Å²) in [6, 6.07) is 9.05. The summed E-state index contributed by atoms with van der Waals surface area (Å²) in [4.78, 5) is 29.8. The van der Waals surface area contributed by atoms with Crippen molar-refractivity contribution >= 4 is 61.6 Å². The Morgan fingerprint density at radius 3 is 2.74 bits per heavy atom. The van der Waals surface area contributed by atoms with Crippen molar-refractivity contribution in [2.45, 2.75) is 46.1 Å². The third kappa shape index (κ3) is 6.60. The topological polar surface area (TPSA) is 92.0 Å². The van der Waals surface area contributed by atoms with Crippen LogP contribution < -0.4 is 15.0 Å². The number of hydrogen-bond donors (Lipinski definition) is 0. The normalized spacial score (nSPS) is 12.2. The van der Waals surface area contributed by atoms with Crippen LogP contribution in [0.5, 0.6) is 11.5 Å². The summed E-state index contributed by atoms with van der Waals surface area (Å²) >= 11 is 5.54. The Bertz CT molecular complexity index is 1310. The van der Waals surface area contributed by atoms with Crippen LogP contribution in [0, 0.1) is 3.57 Å². The average Bonchev–Trinajstić information content (AvgIpc) is 2.84. The van der Waals surface area contributed by atoms with Gasteiger partial charge in [0.2, 0.25) is 0 Å². The Morgan fingerprint density at radius 1 is 1.29 bits per heavy atom. The Labute approximate surface area is 225 Å². The van der Waals surface area contributed by atoms with Crippen molar-refractivity contribution < 1.29 is 19.0 Å². The fourth-order valence-electron chi connectivity index (χ4n) is 3.37. The lowest BCUT2D eigenvalue weighted by Crippen LogP contribution is -2.25. The van der Waals surface area contributed by atoms with Crippen molar-refractivity contribution in [3.05, 3.63) is 60.1 Å². The number of halogens is 2. The molecule has 0 saturated carbocycles. The molecule has 0 fully saturated rings. The molecule has 10 heteroatoms. The molecular weight excluding hydrogens is 629 g/mol.